The van der Waals surface area contributed by atoms with Gasteiger partial charge in [-0.05, 0) is 35.7 Å². The third-order valence-electron chi connectivity index (χ3n) is 3.59. The van der Waals surface area contributed by atoms with Gasteiger partial charge in [-0.2, -0.15) is 0 Å². The van der Waals surface area contributed by atoms with E-state index in [1.54, 1.807) is 6.20 Å². The van der Waals surface area contributed by atoms with E-state index in [1.165, 1.54) is 5.56 Å². The summed E-state index contributed by atoms with van der Waals surface area (Å²) < 4.78 is 6.01. The van der Waals surface area contributed by atoms with Crippen LogP contribution in [0.2, 0.25) is 0 Å². The normalized spacial score (nSPS) is 11.9. The molecule has 1 heterocycles. The predicted molar refractivity (Wildman–Crippen MR) is 89.6 cm³/mol. The fourth-order valence-electron chi connectivity index (χ4n) is 2.49. The van der Waals surface area contributed by atoms with Crippen LogP contribution in [0.25, 0.3) is 11.1 Å². The van der Waals surface area contributed by atoms with Crippen LogP contribution in [0, 0.1) is 0 Å². The minimum atomic E-state index is -0.122. The Morgan fingerprint density at radius 1 is 0.909 bits per heavy atom. The summed E-state index contributed by atoms with van der Waals surface area (Å²) in [7, 11) is 0. The van der Waals surface area contributed by atoms with Gasteiger partial charge in [-0.3, -0.25) is 0 Å². The molecule has 0 spiro atoms. The fourth-order valence-corrected chi connectivity index (χ4v) is 2.49. The average molecular weight is 290 g/mol. The smallest absolute Gasteiger partial charge is 0.166 e. The lowest BCUT2D eigenvalue weighted by Gasteiger charge is -2.19. The van der Waals surface area contributed by atoms with Crippen LogP contribution >= 0.6 is 0 Å². The van der Waals surface area contributed by atoms with Gasteiger partial charge in [-0.25, -0.2) is 4.98 Å². The quantitative estimate of drug-likeness (QED) is 0.771. The van der Waals surface area contributed by atoms with Crippen molar-refractivity contribution >= 4 is 5.82 Å². The van der Waals surface area contributed by atoms with E-state index in [-0.39, 0.29) is 6.10 Å². The van der Waals surface area contributed by atoms with Crippen molar-refractivity contribution in [3.63, 3.8) is 0 Å². The molecule has 2 N–H and O–H groups in total. The van der Waals surface area contributed by atoms with Gasteiger partial charge in [0.2, 0.25) is 0 Å². The molecule has 3 nitrogen and oxygen atoms in total. The highest BCUT2D eigenvalue weighted by molar-refractivity contribution is 5.67. The van der Waals surface area contributed by atoms with Gasteiger partial charge >= 0.3 is 0 Å². The lowest BCUT2D eigenvalue weighted by Crippen LogP contribution is -2.07. The lowest BCUT2D eigenvalue weighted by atomic mass is 9.97. The predicted octanol–water partition coefficient (Wildman–Crippen LogP) is 4.47. The van der Waals surface area contributed by atoms with Crippen LogP contribution in [-0.4, -0.2) is 4.98 Å². The highest BCUT2D eigenvalue weighted by Gasteiger charge is 2.14. The Morgan fingerprint density at radius 3 is 2.41 bits per heavy atom. The zero-order chi connectivity index (χ0) is 15.4. The first kappa shape index (κ1) is 14.1. The second kappa shape index (κ2) is 6.31. The molecule has 0 saturated carbocycles. The zero-order valence-electron chi connectivity index (χ0n) is 12.4. The Morgan fingerprint density at radius 2 is 1.64 bits per heavy atom. The molecule has 0 aliphatic rings. The standard InChI is InChI=1S/C19H18N2O/c1-14(22-18-12-7-13-21-19(18)20)16-10-5-6-11-17(16)15-8-3-2-4-9-15/h2-14H,1H3,(H2,20,21)/t14-/m1/s1. The Labute approximate surface area is 130 Å². The molecule has 3 aromatic rings. The van der Waals surface area contributed by atoms with Gasteiger partial charge in [0.15, 0.2) is 11.6 Å². The van der Waals surface area contributed by atoms with Gasteiger partial charge in [0.05, 0.1) is 0 Å². The van der Waals surface area contributed by atoms with E-state index in [0.29, 0.717) is 11.6 Å². The van der Waals surface area contributed by atoms with Crippen molar-refractivity contribution in [3.05, 3.63) is 78.5 Å². The summed E-state index contributed by atoms with van der Waals surface area (Å²) in [6, 6.07) is 22.2. The third-order valence-corrected chi connectivity index (χ3v) is 3.59. The zero-order valence-corrected chi connectivity index (χ0v) is 12.4. The average Bonchev–Trinajstić information content (AvgIpc) is 2.58. The van der Waals surface area contributed by atoms with E-state index in [1.807, 2.05) is 49.4 Å². The van der Waals surface area contributed by atoms with Crippen molar-refractivity contribution in [1.82, 2.24) is 4.98 Å². The highest BCUT2D eigenvalue weighted by Crippen LogP contribution is 2.32. The van der Waals surface area contributed by atoms with Crippen LogP contribution in [0.3, 0.4) is 0 Å². The maximum absolute atomic E-state index is 6.01. The second-order valence-electron chi connectivity index (χ2n) is 5.10. The van der Waals surface area contributed by atoms with Crippen LogP contribution in [-0.2, 0) is 0 Å². The largest absolute Gasteiger partial charge is 0.482 e. The van der Waals surface area contributed by atoms with Crippen LogP contribution in [0.15, 0.2) is 72.9 Å². The number of hydrogen-bond acceptors (Lipinski definition) is 3. The number of aromatic nitrogens is 1. The molecule has 1 aromatic heterocycles. The van der Waals surface area contributed by atoms with Crippen LogP contribution < -0.4 is 10.5 Å². The first-order valence-electron chi connectivity index (χ1n) is 7.27. The number of benzene rings is 2. The molecule has 1 atom stereocenters. The van der Waals surface area contributed by atoms with Crippen molar-refractivity contribution < 1.29 is 4.74 Å². The molecule has 0 saturated heterocycles. The number of pyridine rings is 1. The molecular weight excluding hydrogens is 272 g/mol. The molecule has 0 aliphatic heterocycles. The summed E-state index contributed by atoms with van der Waals surface area (Å²) in [6.45, 7) is 2.02. The van der Waals surface area contributed by atoms with Gasteiger partial charge in [-0.15, -0.1) is 0 Å². The first-order chi connectivity index (χ1) is 10.8. The van der Waals surface area contributed by atoms with Crippen molar-refractivity contribution in [3.8, 4) is 16.9 Å². The number of anilines is 1. The van der Waals surface area contributed by atoms with Crippen molar-refractivity contribution in [1.29, 1.82) is 0 Å². The fraction of sp³-hybridized carbons (Fsp3) is 0.105. The van der Waals surface area contributed by atoms with E-state index < -0.39 is 0 Å². The molecule has 0 fully saturated rings. The summed E-state index contributed by atoms with van der Waals surface area (Å²) >= 11 is 0. The summed E-state index contributed by atoms with van der Waals surface area (Å²) in [4.78, 5) is 4.06. The third kappa shape index (κ3) is 2.93. The van der Waals surface area contributed by atoms with E-state index in [4.69, 9.17) is 10.5 Å². The number of rotatable bonds is 4. The molecule has 3 heteroatoms. The van der Waals surface area contributed by atoms with E-state index in [2.05, 4.69) is 29.2 Å². The van der Waals surface area contributed by atoms with E-state index >= 15 is 0 Å². The lowest BCUT2D eigenvalue weighted by molar-refractivity contribution is 0.228. The Bertz CT molecular complexity index is 756. The molecule has 0 unspecified atom stereocenters. The van der Waals surface area contributed by atoms with Crippen molar-refractivity contribution in [2.45, 2.75) is 13.0 Å². The maximum atomic E-state index is 6.01. The second-order valence-corrected chi connectivity index (χ2v) is 5.10. The molecule has 0 radical (unpaired) electrons. The number of ether oxygens (including phenoxy) is 1. The molecule has 3 rings (SSSR count). The molecule has 0 bridgehead atoms. The topological polar surface area (TPSA) is 48.1 Å². The molecule has 22 heavy (non-hydrogen) atoms. The van der Waals surface area contributed by atoms with Crippen molar-refractivity contribution in [2.24, 2.45) is 0 Å². The van der Waals surface area contributed by atoms with Gasteiger partial charge < -0.3 is 10.5 Å². The Kier molecular flexibility index (Phi) is 4.05. The van der Waals surface area contributed by atoms with E-state index in [9.17, 15) is 0 Å². The Balaban J connectivity index is 1.94. The number of nitrogens with two attached hydrogens (primary N) is 1. The molecular formula is C19H18N2O. The van der Waals surface area contributed by atoms with E-state index in [0.717, 1.165) is 11.1 Å². The molecule has 110 valence electrons. The summed E-state index contributed by atoms with van der Waals surface area (Å²) in [5, 5.41) is 0. The van der Waals surface area contributed by atoms with Gasteiger partial charge in [0.1, 0.15) is 6.10 Å². The minimum Gasteiger partial charge on any atom is -0.482 e. The molecule has 2 aromatic carbocycles. The highest BCUT2D eigenvalue weighted by atomic mass is 16.5. The summed E-state index contributed by atoms with van der Waals surface area (Å²) in [5.74, 6) is 1.02. The molecule has 0 aliphatic carbocycles. The number of hydrogen-bond donors (Lipinski definition) is 1. The number of nitrogens with zero attached hydrogens (tertiary/aromatic N) is 1. The van der Waals surface area contributed by atoms with Gasteiger partial charge in [-0.1, -0.05) is 54.6 Å². The van der Waals surface area contributed by atoms with Crippen molar-refractivity contribution in [2.75, 3.05) is 5.73 Å². The first-order valence-corrected chi connectivity index (χ1v) is 7.27. The van der Waals surface area contributed by atoms with Crippen LogP contribution in [0.1, 0.15) is 18.6 Å². The summed E-state index contributed by atoms with van der Waals surface area (Å²) in [6.07, 6.45) is 1.54. The SMILES string of the molecule is C[C@@H](Oc1cccnc1N)c1ccccc1-c1ccccc1. The summed E-state index contributed by atoms with van der Waals surface area (Å²) in [5.41, 5.74) is 9.32. The number of nitrogen functional groups attached to an aromatic ring is 1. The van der Waals surface area contributed by atoms with Gasteiger partial charge in [0, 0.05) is 6.20 Å². The maximum Gasteiger partial charge on any atom is 0.166 e. The monoisotopic (exact) mass is 290 g/mol. The Hall–Kier alpha value is -2.81. The van der Waals surface area contributed by atoms with Crippen LogP contribution in [0.4, 0.5) is 5.82 Å². The minimum absolute atomic E-state index is 0.122. The van der Waals surface area contributed by atoms with Gasteiger partial charge in [0.25, 0.3) is 0 Å². The molecule has 0 amide bonds. The van der Waals surface area contributed by atoms with Crippen LogP contribution in [0.5, 0.6) is 5.75 Å².